The standard InChI is InChI=1S/C8H16N2S/c1-2-9-3-4-10-5-8(1)6-11-7-8/h9-10H,1-7H2. The predicted molar refractivity (Wildman–Crippen MR) is 50.1 cm³/mol. The van der Waals surface area contributed by atoms with Gasteiger partial charge in [0.1, 0.15) is 0 Å². The second-order valence-electron chi connectivity index (χ2n) is 3.67. The van der Waals surface area contributed by atoms with Crippen molar-refractivity contribution in [2.24, 2.45) is 5.41 Å². The zero-order valence-electron chi connectivity index (χ0n) is 6.86. The van der Waals surface area contributed by atoms with Crippen molar-refractivity contribution in [3.05, 3.63) is 0 Å². The van der Waals surface area contributed by atoms with Crippen LogP contribution in [0.4, 0.5) is 0 Å². The third kappa shape index (κ3) is 1.71. The first-order valence-corrected chi connectivity index (χ1v) is 5.56. The Morgan fingerprint density at radius 1 is 1.00 bits per heavy atom. The van der Waals surface area contributed by atoms with Gasteiger partial charge in [-0.1, -0.05) is 0 Å². The maximum absolute atomic E-state index is 3.50. The van der Waals surface area contributed by atoms with E-state index in [1.807, 2.05) is 0 Å². The molecule has 2 fully saturated rings. The predicted octanol–water partition coefficient (Wildman–Crippen LogP) is 0.302. The summed E-state index contributed by atoms with van der Waals surface area (Å²) in [5.41, 5.74) is 0.665. The van der Waals surface area contributed by atoms with Gasteiger partial charge in [0.05, 0.1) is 0 Å². The normalized spacial score (nSPS) is 30.5. The van der Waals surface area contributed by atoms with Crippen molar-refractivity contribution in [3.63, 3.8) is 0 Å². The molecular formula is C8H16N2S. The van der Waals surface area contributed by atoms with Crippen LogP contribution in [-0.4, -0.2) is 37.7 Å². The topological polar surface area (TPSA) is 24.1 Å². The molecule has 0 aromatic carbocycles. The summed E-state index contributed by atoms with van der Waals surface area (Å²) < 4.78 is 0. The fourth-order valence-corrected chi connectivity index (χ4v) is 3.01. The van der Waals surface area contributed by atoms with Gasteiger partial charge in [0.15, 0.2) is 0 Å². The van der Waals surface area contributed by atoms with Crippen molar-refractivity contribution in [1.82, 2.24) is 10.6 Å². The largest absolute Gasteiger partial charge is 0.315 e. The molecule has 2 heterocycles. The van der Waals surface area contributed by atoms with Crippen molar-refractivity contribution in [1.29, 1.82) is 0 Å². The van der Waals surface area contributed by atoms with Crippen LogP contribution in [0.2, 0.25) is 0 Å². The van der Waals surface area contributed by atoms with E-state index < -0.39 is 0 Å². The molecule has 0 radical (unpaired) electrons. The Labute approximate surface area is 72.5 Å². The SMILES string of the molecule is C1CNCC2(CCN1)CSC2. The zero-order valence-corrected chi connectivity index (χ0v) is 7.67. The Bertz CT molecular complexity index is 124. The molecule has 2 saturated heterocycles. The molecule has 0 saturated carbocycles. The maximum Gasteiger partial charge on any atom is 0.00769 e. The van der Waals surface area contributed by atoms with Crippen LogP contribution < -0.4 is 10.6 Å². The summed E-state index contributed by atoms with van der Waals surface area (Å²) >= 11 is 2.09. The van der Waals surface area contributed by atoms with Gasteiger partial charge in [-0.05, 0) is 13.0 Å². The highest BCUT2D eigenvalue weighted by Gasteiger charge is 2.37. The average Bonchev–Trinajstić information content (AvgIpc) is 1.82. The summed E-state index contributed by atoms with van der Waals surface area (Å²) in [7, 11) is 0. The molecule has 1 spiro atoms. The van der Waals surface area contributed by atoms with E-state index in [2.05, 4.69) is 22.4 Å². The quantitative estimate of drug-likeness (QED) is 0.550. The van der Waals surface area contributed by atoms with Crippen LogP contribution in [0.25, 0.3) is 0 Å². The van der Waals surface area contributed by atoms with E-state index >= 15 is 0 Å². The summed E-state index contributed by atoms with van der Waals surface area (Å²) in [6, 6.07) is 0. The first kappa shape index (κ1) is 7.90. The third-order valence-electron chi connectivity index (χ3n) is 2.63. The number of rotatable bonds is 0. The fourth-order valence-electron chi connectivity index (χ4n) is 1.73. The van der Waals surface area contributed by atoms with Gasteiger partial charge in [-0.15, -0.1) is 0 Å². The van der Waals surface area contributed by atoms with Crippen LogP contribution in [0.3, 0.4) is 0 Å². The Balaban J connectivity index is 1.86. The highest BCUT2D eigenvalue weighted by molar-refractivity contribution is 8.00. The summed E-state index contributed by atoms with van der Waals surface area (Å²) in [5.74, 6) is 2.75. The van der Waals surface area contributed by atoms with Crippen molar-refractivity contribution in [2.45, 2.75) is 6.42 Å². The molecule has 2 aliphatic rings. The minimum atomic E-state index is 0.665. The molecule has 0 atom stereocenters. The van der Waals surface area contributed by atoms with E-state index in [4.69, 9.17) is 0 Å². The molecule has 2 rings (SSSR count). The summed E-state index contributed by atoms with van der Waals surface area (Å²) in [6.07, 6.45) is 1.37. The Hall–Kier alpha value is 0.270. The van der Waals surface area contributed by atoms with E-state index in [0.717, 1.165) is 13.1 Å². The molecule has 2 aliphatic heterocycles. The molecule has 2 N–H and O–H groups in total. The van der Waals surface area contributed by atoms with Gasteiger partial charge in [-0.3, -0.25) is 0 Å². The molecule has 2 nitrogen and oxygen atoms in total. The second-order valence-corrected chi connectivity index (χ2v) is 4.66. The average molecular weight is 172 g/mol. The molecule has 0 aromatic rings. The third-order valence-corrected chi connectivity index (χ3v) is 4.26. The van der Waals surface area contributed by atoms with E-state index in [9.17, 15) is 0 Å². The lowest BCUT2D eigenvalue weighted by atomic mass is 9.87. The number of nitrogens with one attached hydrogen (secondary N) is 2. The molecule has 64 valence electrons. The van der Waals surface area contributed by atoms with E-state index in [-0.39, 0.29) is 0 Å². The van der Waals surface area contributed by atoms with Crippen molar-refractivity contribution < 1.29 is 0 Å². The lowest BCUT2D eigenvalue weighted by Gasteiger charge is -2.42. The lowest BCUT2D eigenvalue weighted by Crippen LogP contribution is -2.49. The van der Waals surface area contributed by atoms with Crippen LogP contribution in [0.1, 0.15) is 6.42 Å². The van der Waals surface area contributed by atoms with Crippen molar-refractivity contribution in [2.75, 3.05) is 37.7 Å². The van der Waals surface area contributed by atoms with E-state index in [0.29, 0.717) is 5.41 Å². The lowest BCUT2D eigenvalue weighted by molar-refractivity contribution is 0.290. The summed E-state index contributed by atoms with van der Waals surface area (Å²) in [5, 5.41) is 6.94. The van der Waals surface area contributed by atoms with Crippen LogP contribution in [0.5, 0.6) is 0 Å². The maximum atomic E-state index is 3.50. The van der Waals surface area contributed by atoms with Gasteiger partial charge in [0, 0.05) is 36.6 Å². The molecule has 0 unspecified atom stereocenters. The molecule has 11 heavy (non-hydrogen) atoms. The first-order chi connectivity index (χ1) is 5.41. The Morgan fingerprint density at radius 3 is 2.55 bits per heavy atom. The molecule has 0 bridgehead atoms. The minimum Gasteiger partial charge on any atom is -0.315 e. The number of hydrogen-bond acceptors (Lipinski definition) is 3. The van der Waals surface area contributed by atoms with Crippen molar-refractivity contribution in [3.8, 4) is 0 Å². The minimum absolute atomic E-state index is 0.665. The van der Waals surface area contributed by atoms with Crippen LogP contribution >= 0.6 is 11.8 Å². The van der Waals surface area contributed by atoms with Crippen molar-refractivity contribution >= 4 is 11.8 Å². The van der Waals surface area contributed by atoms with Gasteiger partial charge >= 0.3 is 0 Å². The fraction of sp³-hybridized carbons (Fsp3) is 1.00. The first-order valence-electron chi connectivity index (χ1n) is 4.41. The Kier molecular flexibility index (Phi) is 2.39. The highest BCUT2D eigenvalue weighted by atomic mass is 32.2. The van der Waals surface area contributed by atoms with Gasteiger partial charge in [-0.2, -0.15) is 11.8 Å². The zero-order chi connectivity index (χ0) is 7.57. The number of hydrogen-bond donors (Lipinski definition) is 2. The Morgan fingerprint density at radius 2 is 1.82 bits per heavy atom. The molecule has 3 heteroatoms. The van der Waals surface area contributed by atoms with Crippen LogP contribution in [-0.2, 0) is 0 Å². The van der Waals surface area contributed by atoms with E-state index in [1.165, 1.54) is 31.0 Å². The van der Waals surface area contributed by atoms with Crippen LogP contribution in [0.15, 0.2) is 0 Å². The number of thioether (sulfide) groups is 1. The van der Waals surface area contributed by atoms with Crippen LogP contribution in [0, 0.1) is 5.41 Å². The molecular weight excluding hydrogens is 156 g/mol. The second kappa shape index (κ2) is 3.33. The molecule has 0 amide bonds. The highest BCUT2D eigenvalue weighted by Crippen LogP contribution is 2.40. The van der Waals surface area contributed by atoms with E-state index in [1.54, 1.807) is 0 Å². The summed E-state index contributed by atoms with van der Waals surface area (Å²) in [4.78, 5) is 0. The molecule has 0 aromatic heterocycles. The van der Waals surface area contributed by atoms with Gasteiger partial charge in [-0.25, -0.2) is 0 Å². The summed E-state index contributed by atoms with van der Waals surface area (Å²) in [6.45, 7) is 4.76. The van der Waals surface area contributed by atoms with Gasteiger partial charge in [0.25, 0.3) is 0 Å². The smallest absolute Gasteiger partial charge is 0.00769 e. The van der Waals surface area contributed by atoms with Gasteiger partial charge < -0.3 is 10.6 Å². The molecule has 0 aliphatic carbocycles. The monoisotopic (exact) mass is 172 g/mol. The van der Waals surface area contributed by atoms with Gasteiger partial charge in [0.2, 0.25) is 0 Å².